The second-order valence-electron chi connectivity index (χ2n) is 8.76. The van der Waals surface area contributed by atoms with Crippen molar-refractivity contribution in [2.24, 2.45) is 5.92 Å². The number of aromatic nitrogens is 4. The molecule has 6 nitrogen and oxygen atoms in total. The molecule has 6 heteroatoms. The van der Waals surface area contributed by atoms with Gasteiger partial charge >= 0.3 is 0 Å². The van der Waals surface area contributed by atoms with E-state index in [1.807, 2.05) is 12.4 Å². The van der Waals surface area contributed by atoms with Crippen LogP contribution >= 0.6 is 0 Å². The Hall–Kier alpha value is -2.08. The minimum Gasteiger partial charge on any atom is -0.299 e. The lowest BCUT2D eigenvalue weighted by atomic mass is 9.85. The molecule has 0 N–H and O–H groups in total. The molecular weight excluding hydrogens is 350 g/mol. The molecule has 1 saturated carbocycles. The van der Waals surface area contributed by atoms with Crippen molar-refractivity contribution in [1.29, 1.82) is 0 Å². The third kappa shape index (κ3) is 4.49. The van der Waals surface area contributed by atoms with Crippen molar-refractivity contribution >= 4 is 0 Å². The van der Waals surface area contributed by atoms with E-state index in [1.165, 1.54) is 24.8 Å². The molecule has 28 heavy (non-hydrogen) atoms. The van der Waals surface area contributed by atoms with Crippen LogP contribution in [0.2, 0.25) is 0 Å². The molecule has 2 aliphatic rings. The molecule has 0 radical (unpaired) electrons. The molecule has 0 atom stereocenters. The van der Waals surface area contributed by atoms with E-state index in [1.54, 1.807) is 17.0 Å². The Kier molecular flexibility index (Phi) is 5.85. The summed E-state index contributed by atoms with van der Waals surface area (Å²) in [4.78, 5) is 28.4. The van der Waals surface area contributed by atoms with Crippen LogP contribution in [0.15, 0.2) is 29.6 Å². The van der Waals surface area contributed by atoms with Crippen molar-refractivity contribution in [1.82, 2.24) is 24.4 Å². The lowest BCUT2D eigenvalue weighted by Crippen LogP contribution is -2.36. The zero-order valence-corrected chi connectivity index (χ0v) is 17.0. The number of rotatable bonds is 6. The summed E-state index contributed by atoms with van der Waals surface area (Å²) in [5.41, 5.74) is 2.15. The van der Waals surface area contributed by atoms with Crippen molar-refractivity contribution in [2.75, 3.05) is 13.1 Å². The summed E-state index contributed by atoms with van der Waals surface area (Å²) in [7, 11) is 0. The van der Waals surface area contributed by atoms with E-state index < -0.39 is 0 Å². The third-order valence-corrected chi connectivity index (χ3v) is 6.26. The second kappa shape index (κ2) is 8.52. The van der Waals surface area contributed by atoms with Gasteiger partial charge in [0.2, 0.25) is 0 Å². The predicted octanol–water partition coefficient (Wildman–Crippen LogP) is 3.34. The standard InChI is InChI=1S/C22H31N5O/c1-16(2)20-10-21(28)27(15-25-20)14-17-6-8-26(9-7-17)13-18-11-23-22(24-12-18)19-4-3-5-19/h10-12,15-17,19H,3-9,13-14H2,1-2H3. The molecule has 2 aromatic rings. The summed E-state index contributed by atoms with van der Waals surface area (Å²) < 4.78 is 1.78. The van der Waals surface area contributed by atoms with Crippen LogP contribution < -0.4 is 5.56 Å². The summed E-state index contributed by atoms with van der Waals surface area (Å²) in [6.45, 7) is 7.93. The van der Waals surface area contributed by atoms with Crippen LogP contribution in [0, 0.1) is 5.92 Å². The molecule has 1 aliphatic carbocycles. The van der Waals surface area contributed by atoms with Crippen molar-refractivity contribution in [3.63, 3.8) is 0 Å². The first-order chi connectivity index (χ1) is 13.6. The molecule has 1 saturated heterocycles. The maximum atomic E-state index is 12.3. The number of piperidine rings is 1. The smallest absolute Gasteiger partial charge is 0.253 e. The van der Waals surface area contributed by atoms with Gasteiger partial charge in [-0.05, 0) is 50.6 Å². The molecule has 0 aromatic carbocycles. The summed E-state index contributed by atoms with van der Waals surface area (Å²) in [5, 5.41) is 0. The van der Waals surface area contributed by atoms with Gasteiger partial charge in [0.05, 0.1) is 12.0 Å². The predicted molar refractivity (Wildman–Crippen MR) is 109 cm³/mol. The molecule has 0 spiro atoms. The molecule has 1 aliphatic heterocycles. The van der Waals surface area contributed by atoms with Gasteiger partial charge < -0.3 is 0 Å². The first-order valence-corrected chi connectivity index (χ1v) is 10.7. The van der Waals surface area contributed by atoms with E-state index in [9.17, 15) is 4.79 Å². The molecule has 0 bridgehead atoms. The zero-order chi connectivity index (χ0) is 19.5. The van der Waals surface area contributed by atoms with Gasteiger partial charge in [0.25, 0.3) is 5.56 Å². The van der Waals surface area contributed by atoms with Gasteiger partial charge in [-0.1, -0.05) is 20.3 Å². The number of hydrogen-bond donors (Lipinski definition) is 0. The number of nitrogens with zero attached hydrogens (tertiary/aromatic N) is 5. The first kappa shape index (κ1) is 19.2. The van der Waals surface area contributed by atoms with Crippen molar-refractivity contribution in [2.45, 2.75) is 70.9 Å². The zero-order valence-electron chi connectivity index (χ0n) is 17.0. The van der Waals surface area contributed by atoms with Crippen molar-refractivity contribution in [3.05, 3.63) is 52.2 Å². The van der Waals surface area contributed by atoms with Crippen LogP contribution in [0.25, 0.3) is 0 Å². The topological polar surface area (TPSA) is 63.9 Å². The highest BCUT2D eigenvalue weighted by Crippen LogP contribution is 2.34. The Labute approximate surface area is 167 Å². The average molecular weight is 382 g/mol. The summed E-state index contributed by atoms with van der Waals surface area (Å²) in [6, 6.07) is 1.69. The van der Waals surface area contributed by atoms with Crippen LogP contribution in [-0.4, -0.2) is 37.5 Å². The van der Waals surface area contributed by atoms with E-state index in [2.05, 4.69) is 33.7 Å². The highest BCUT2D eigenvalue weighted by molar-refractivity contribution is 5.09. The largest absolute Gasteiger partial charge is 0.299 e. The normalized spacial score (nSPS) is 19.1. The second-order valence-corrected chi connectivity index (χ2v) is 8.76. The van der Waals surface area contributed by atoms with Gasteiger partial charge in [-0.15, -0.1) is 0 Å². The fourth-order valence-corrected chi connectivity index (χ4v) is 4.08. The highest BCUT2D eigenvalue weighted by Gasteiger charge is 2.23. The lowest BCUT2D eigenvalue weighted by molar-refractivity contribution is 0.166. The van der Waals surface area contributed by atoms with Gasteiger partial charge in [0.1, 0.15) is 5.82 Å². The molecule has 3 heterocycles. The summed E-state index contributed by atoms with van der Waals surface area (Å²) >= 11 is 0. The van der Waals surface area contributed by atoms with Crippen LogP contribution in [0.5, 0.6) is 0 Å². The number of hydrogen-bond acceptors (Lipinski definition) is 5. The Morgan fingerprint density at radius 3 is 2.36 bits per heavy atom. The fraction of sp³-hybridized carbons (Fsp3) is 0.636. The first-order valence-electron chi connectivity index (χ1n) is 10.7. The van der Waals surface area contributed by atoms with Crippen LogP contribution in [0.1, 0.15) is 74.9 Å². The third-order valence-electron chi connectivity index (χ3n) is 6.26. The minimum absolute atomic E-state index is 0.0739. The molecule has 4 rings (SSSR count). The van der Waals surface area contributed by atoms with Gasteiger partial charge in [0, 0.05) is 43.0 Å². The van der Waals surface area contributed by atoms with Crippen molar-refractivity contribution < 1.29 is 0 Å². The molecule has 2 aromatic heterocycles. The SMILES string of the molecule is CC(C)c1cc(=O)n(CC2CCN(Cc3cnc(C4CCC4)nc3)CC2)cn1. The molecule has 2 fully saturated rings. The minimum atomic E-state index is 0.0739. The lowest BCUT2D eigenvalue weighted by Gasteiger charge is -2.32. The Bertz CT molecular complexity index is 833. The molecule has 0 amide bonds. The molecular formula is C22H31N5O. The van der Waals surface area contributed by atoms with Crippen molar-refractivity contribution in [3.8, 4) is 0 Å². The highest BCUT2D eigenvalue weighted by atomic mass is 16.1. The van der Waals surface area contributed by atoms with Gasteiger partial charge in [-0.25, -0.2) is 15.0 Å². The average Bonchev–Trinajstić information content (AvgIpc) is 2.65. The van der Waals surface area contributed by atoms with E-state index in [0.717, 1.165) is 50.5 Å². The van der Waals surface area contributed by atoms with Gasteiger partial charge in [-0.3, -0.25) is 14.3 Å². The quantitative estimate of drug-likeness (QED) is 0.768. The summed E-state index contributed by atoms with van der Waals surface area (Å²) in [5.74, 6) is 2.45. The Morgan fingerprint density at radius 2 is 1.79 bits per heavy atom. The molecule has 0 unspecified atom stereocenters. The monoisotopic (exact) mass is 381 g/mol. The maximum Gasteiger partial charge on any atom is 0.253 e. The van der Waals surface area contributed by atoms with E-state index >= 15 is 0 Å². The van der Waals surface area contributed by atoms with Gasteiger partial charge in [0.15, 0.2) is 0 Å². The molecule has 150 valence electrons. The Morgan fingerprint density at radius 1 is 1.07 bits per heavy atom. The summed E-state index contributed by atoms with van der Waals surface area (Å²) in [6.07, 6.45) is 11.8. The van der Waals surface area contributed by atoms with Crippen LogP contribution in [0.3, 0.4) is 0 Å². The fourth-order valence-electron chi connectivity index (χ4n) is 4.08. The van der Waals surface area contributed by atoms with Gasteiger partial charge in [-0.2, -0.15) is 0 Å². The van der Waals surface area contributed by atoms with Crippen LogP contribution in [0.4, 0.5) is 0 Å². The van der Waals surface area contributed by atoms with E-state index in [-0.39, 0.29) is 11.5 Å². The van der Waals surface area contributed by atoms with Crippen LogP contribution in [-0.2, 0) is 13.1 Å². The van der Waals surface area contributed by atoms with E-state index in [4.69, 9.17) is 0 Å². The van der Waals surface area contributed by atoms with E-state index in [0.29, 0.717) is 11.8 Å². The maximum absolute atomic E-state index is 12.3. The Balaban J connectivity index is 1.27. The number of likely N-dealkylation sites (tertiary alicyclic amines) is 1.